The smallest absolute Gasteiger partial charge is 0.251 e. The van der Waals surface area contributed by atoms with Crippen LogP contribution in [0.5, 0.6) is 5.75 Å². The van der Waals surface area contributed by atoms with Crippen molar-refractivity contribution in [2.24, 2.45) is 0 Å². The van der Waals surface area contributed by atoms with Gasteiger partial charge in [0.05, 0.1) is 12.8 Å². The van der Waals surface area contributed by atoms with Crippen molar-refractivity contribution < 1.29 is 17.9 Å². The Morgan fingerprint density at radius 3 is 2.52 bits per heavy atom. The first kappa shape index (κ1) is 23.0. The van der Waals surface area contributed by atoms with Crippen LogP contribution in [0.25, 0.3) is 5.69 Å². The topological polar surface area (TPSA) is 93.5 Å². The van der Waals surface area contributed by atoms with E-state index in [-0.39, 0.29) is 28.7 Å². The number of benzene rings is 2. The molecule has 0 spiro atoms. The minimum absolute atomic E-state index is 0.0245. The molecule has 1 aromatic heterocycles. The molecule has 0 unspecified atom stereocenters. The van der Waals surface area contributed by atoms with Crippen molar-refractivity contribution in [3.8, 4) is 11.4 Å². The molecule has 1 N–H and O–H groups in total. The van der Waals surface area contributed by atoms with Gasteiger partial charge in [-0.3, -0.25) is 4.79 Å². The number of carbonyl (C=O) groups is 1. The molecule has 1 saturated heterocycles. The molecule has 1 aliphatic rings. The predicted octanol–water partition coefficient (Wildman–Crippen LogP) is 3.38. The average molecular weight is 469 g/mol. The molecule has 0 radical (unpaired) electrons. The zero-order valence-electron chi connectivity index (χ0n) is 18.6. The van der Waals surface area contributed by atoms with Crippen LogP contribution < -0.4 is 10.1 Å². The van der Waals surface area contributed by atoms with Gasteiger partial charge >= 0.3 is 0 Å². The van der Waals surface area contributed by atoms with Crippen LogP contribution in [0.1, 0.15) is 41.6 Å². The van der Waals surface area contributed by atoms with E-state index < -0.39 is 10.0 Å². The Bertz CT molecular complexity index is 1200. The van der Waals surface area contributed by atoms with E-state index in [4.69, 9.17) is 4.74 Å². The first-order chi connectivity index (χ1) is 16.0. The Morgan fingerprint density at radius 1 is 1.06 bits per heavy atom. The molecule has 4 rings (SSSR count). The predicted molar refractivity (Wildman–Crippen MR) is 125 cm³/mol. The van der Waals surface area contributed by atoms with Crippen LogP contribution in [0.3, 0.4) is 0 Å². The number of amides is 1. The summed E-state index contributed by atoms with van der Waals surface area (Å²) in [5.41, 5.74) is 2.02. The Labute approximate surface area is 194 Å². The van der Waals surface area contributed by atoms with Crippen molar-refractivity contribution in [1.82, 2.24) is 19.4 Å². The maximum atomic E-state index is 13.4. The van der Waals surface area contributed by atoms with Crippen LogP contribution in [0.4, 0.5) is 0 Å². The van der Waals surface area contributed by atoms with Crippen molar-refractivity contribution >= 4 is 15.9 Å². The summed E-state index contributed by atoms with van der Waals surface area (Å²) in [5.74, 6) is -0.125. The maximum absolute atomic E-state index is 13.4. The van der Waals surface area contributed by atoms with E-state index in [1.807, 2.05) is 36.5 Å². The average Bonchev–Trinajstić information content (AvgIpc) is 3.23. The van der Waals surface area contributed by atoms with Crippen LogP contribution >= 0.6 is 0 Å². The summed E-state index contributed by atoms with van der Waals surface area (Å²) < 4.78 is 35.3. The number of hydrogen-bond acceptors (Lipinski definition) is 5. The lowest BCUT2D eigenvalue weighted by Gasteiger charge is -2.21. The molecule has 0 atom stereocenters. The van der Waals surface area contributed by atoms with Gasteiger partial charge in [0.1, 0.15) is 10.6 Å². The zero-order chi connectivity index (χ0) is 23.3. The second-order valence-corrected chi connectivity index (χ2v) is 9.85. The lowest BCUT2D eigenvalue weighted by molar-refractivity contribution is 0.0950. The van der Waals surface area contributed by atoms with Gasteiger partial charge in [0, 0.05) is 37.6 Å². The standard InChI is InChI=1S/C24H28N4O4S/c1-32-22-12-11-19(17-23(22)33(30,31)27-14-6-2-3-7-15-27)24(29)25-18-20-9-4-5-10-21(20)28-16-8-13-26-28/h4-5,8-13,16-17H,2-3,6-7,14-15,18H2,1H3,(H,25,29). The van der Waals surface area contributed by atoms with Crippen LogP contribution in [0, 0.1) is 0 Å². The first-order valence-corrected chi connectivity index (χ1v) is 12.5. The van der Waals surface area contributed by atoms with Gasteiger partial charge in [-0.25, -0.2) is 13.1 Å². The Kier molecular flexibility index (Phi) is 7.10. The molecule has 33 heavy (non-hydrogen) atoms. The van der Waals surface area contributed by atoms with Gasteiger partial charge in [0.2, 0.25) is 10.0 Å². The number of carbonyl (C=O) groups excluding carboxylic acids is 1. The third-order valence-corrected chi connectivity index (χ3v) is 7.71. The largest absolute Gasteiger partial charge is 0.495 e. The number of sulfonamides is 1. The molecule has 0 aliphatic carbocycles. The number of nitrogens with zero attached hydrogens (tertiary/aromatic N) is 3. The van der Waals surface area contributed by atoms with Crippen molar-refractivity contribution in [3.05, 3.63) is 72.1 Å². The molecule has 3 aromatic rings. The van der Waals surface area contributed by atoms with E-state index in [0.29, 0.717) is 13.1 Å². The zero-order valence-corrected chi connectivity index (χ0v) is 19.4. The van der Waals surface area contributed by atoms with Crippen molar-refractivity contribution in [1.29, 1.82) is 0 Å². The van der Waals surface area contributed by atoms with E-state index in [0.717, 1.165) is 36.9 Å². The van der Waals surface area contributed by atoms with Crippen LogP contribution in [0.2, 0.25) is 0 Å². The van der Waals surface area contributed by atoms with E-state index in [2.05, 4.69) is 10.4 Å². The second-order valence-electron chi connectivity index (χ2n) is 7.95. The maximum Gasteiger partial charge on any atom is 0.251 e. The summed E-state index contributed by atoms with van der Waals surface area (Å²) in [4.78, 5) is 13.0. The Morgan fingerprint density at radius 2 is 1.82 bits per heavy atom. The van der Waals surface area contributed by atoms with Gasteiger partial charge in [-0.1, -0.05) is 31.0 Å². The van der Waals surface area contributed by atoms with Crippen LogP contribution in [-0.4, -0.2) is 48.6 Å². The molecule has 0 bridgehead atoms. The lowest BCUT2D eigenvalue weighted by Crippen LogP contribution is -2.32. The molecule has 0 saturated carbocycles. The normalized spacial score (nSPS) is 15.1. The number of rotatable bonds is 7. The van der Waals surface area contributed by atoms with Crippen LogP contribution in [-0.2, 0) is 16.6 Å². The quantitative estimate of drug-likeness (QED) is 0.574. The van der Waals surface area contributed by atoms with Crippen molar-refractivity contribution in [3.63, 3.8) is 0 Å². The molecule has 1 fully saturated rings. The SMILES string of the molecule is COc1ccc(C(=O)NCc2ccccc2-n2cccn2)cc1S(=O)(=O)N1CCCCCC1. The van der Waals surface area contributed by atoms with Crippen molar-refractivity contribution in [2.75, 3.05) is 20.2 Å². The fourth-order valence-electron chi connectivity index (χ4n) is 4.01. The van der Waals surface area contributed by atoms with Gasteiger partial charge in [-0.05, 0) is 48.7 Å². The highest BCUT2D eigenvalue weighted by atomic mass is 32.2. The number of aromatic nitrogens is 2. The molecule has 9 heteroatoms. The number of ether oxygens (including phenoxy) is 1. The number of hydrogen-bond donors (Lipinski definition) is 1. The summed E-state index contributed by atoms with van der Waals surface area (Å²) in [6, 6.07) is 14.0. The van der Waals surface area contributed by atoms with E-state index in [1.54, 1.807) is 16.9 Å². The monoisotopic (exact) mass is 468 g/mol. The minimum Gasteiger partial charge on any atom is -0.495 e. The highest BCUT2D eigenvalue weighted by Gasteiger charge is 2.29. The first-order valence-electron chi connectivity index (χ1n) is 11.0. The minimum atomic E-state index is -3.77. The highest BCUT2D eigenvalue weighted by Crippen LogP contribution is 2.29. The summed E-state index contributed by atoms with van der Waals surface area (Å²) in [6.45, 7) is 1.23. The van der Waals surface area contributed by atoms with Gasteiger partial charge in [-0.15, -0.1) is 0 Å². The Balaban J connectivity index is 1.56. The molecule has 1 amide bonds. The summed E-state index contributed by atoms with van der Waals surface area (Å²) in [6.07, 6.45) is 7.23. The van der Waals surface area contributed by atoms with Crippen molar-refractivity contribution in [2.45, 2.75) is 37.1 Å². The molecule has 2 heterocycles. The molecular formula is C24H28N4O4S. The fraction of sp³-hybridized carbons (Fsp3) is 0.333. The summed E-state index contributed by atoms with van der Waals surface area (Å²) >= 11 is 0. The third kappa shape index (κ3) is 5.09. The lowest BCUT2D eigenvalue weighted by atomic mass is 10.1. The number of para-hydroxylation sites is 1. The fourth-order valence-corrected chi connectivity index (χ4v) is 5.71. The van der Waals surface area contributed by atoms with Gasteiger partial charge in [-0.2, -0.15) is 9.40 Å². The third-order valence-electron chi connectivity index (χ3n) is 5.79. The summed E-state index contributed by atoms with van der Waals surface area (Å²) in [5, 5.41) is 7.15. The Hall–Kier alpha value is -3.17. The molecule has 8 nitrogen and oxygen atoms in total. The molecule has 1 aliphatic heterocycles. The number of nitrogens with one attached hydrogen (secondary N) is 1. The van der Waals surface area contributed by atoms with E-state index >= 15 is 0 Å². The van der Waals surface area contributed by atoms with E-state index in [9.17, 15) is 13.2 Å². The van der Waals surface area contributed by atoms with Crippen LogP contribution in [0.15, 0.2) is 65.8 Å². The highest BCUT2D eigenvalue weighted by molar-refractivity contribution is 7.89. The summed E-state index contributed by atoms with van der Waals surface area (Å²) in [7, 11) is -2.34. The van der Waals surface area contributed by atoms with Gasteiger partial charge < -0.3 is 10.1 Å². The second kappa shape index (κ2) is 10.2. The van der Waals surface area contributed by atoms with Gasteiger partial charge in [0.15, 0.2) is 0 Å². The van der Waals surface area contributed by atoms with E-state index in [1.165, 1.54) is 23.5 Å². The van der Waals surface area contributed by atoms with Gasteiger partial charge in [0.25, 0.3) is 5.91 Å². The molecule has 174 valence electrons. The molecular weight excluding hydrogens is 440 g/mol. The molecule has 2 aromatic carbocycles. The number of methoxy groups -OCH3 is 1.